The first-order valence-electron chi connectivity index (χ1n) is 7.73. The number of hydrogen-bond acceptors (Lipinski definition) is 5. The highest BCUT2D eigenvalue weighted by atomic mass is 15.0. The number of rotatable bonds is 5. The van der Waals surface area contributed by atoms with Crippen molar-refractivity contribution < 1.29 is 0 Å². The molecule has 0 saturated carbocycles. The molecule has 0 atom stereocenters. The second-order valence-electron chi connectivity index (χ2n) is 5.45. The van der Waals surface area contributed by atoms with Gasteiger partial charge in [0.05, 0.1) is 11.6 Å². The number of benzene rings is 1. The third-order valence-electron chi connectivity index (χ3n) is 3.57. The minimum absolute atomic E-state index is 0.626. The molecule has 0 fully saturated rings. The minimum Gasteiger partial charge on any atom is -0.370 e. The minimum atomic E-state index is 0.626. The van der Waals surface area contributed by atoms with Crippen molar-refractivity contribution in [2.45, 2.75) is 13.3 Å². The van der Waals surface area contributed by atoms with Gasteiger partial charge < -0.3 is 5.32 Å². The van der Waals surface area contributed by atoms with Crippen molar-refractivity contribution in [2.24, 2.45) is 0 Å². The van der Waals surface area contributed by atoms with Crippen LogP contribution in [-0.2, 0) is 6.42 Å². The number of nitriles is 1. The molecule has 0 unspecified atom stereocenters. The van der Waals surface area contributed by atoms with E-state index in [1.54, 1.807) is 18.3 Å². The van der Waals surface area contributed by atoms with E-state index >= 15 is 0 Å². The van der Waals surface area contributed by atoms with Crippen molar-refractivity contribution in [1.29, 1.82) is 5.26 Å². The topological polar surface area (TPSA) is 74.5 Å². The maximum atomic E-state index is 8.88. The summed E-state index contributed by atoms with van der Waals surface area (Å²) in [4.78, 5) is 13.2. The molecule has 0 amide bonds. The quantitative estimate of drug-likeness (QED) is 0.781. The Balaban J connectivity index is 1.72. The van der Waals surface area contributed by atoms with Gasteiger partial charge in [-0.15, -0.1) is 0 Å². The Morgan fingerprint density at radius 3 is 2.67 bits per heavy atom. The molecule has 0 aliphatic carbocycles. The summed E-state index contributed by atoms with van der Waals surface area (Å²) in [6, 6.07) is 15.3. The van der Waals surface area contributed by atoms with Crippen molar-refractivity contribution in [3.8, 4) is 17.5 Å². The lowest BCUT2D eigenvalue weighted by molar-refractivity contribution is 0.985. The number of nitrogens with one attached hydrogen (secondary N) is 1. The number of pyridine rings is 1. The summed E-state index contributed by atoms with van der Waals surface area (Å²) < 4.78 is 0. The van der Waals surface area contributed by atoms with Crippen molar-refractivity contribution in [3.05, 3.63) is 71.7 Å². The Hall–Kier alpha value is -3.26. The molecule has 3 aromatic rings. The van der Waals surface area contributed by atoms with Crippen molar-refractivity contribution >= 4 is 5.82 Å². The largest absolute Gasteiger partial charge is 0.370 e. The Morgan fingerprint density at radius 1 is 1.12 bits per heavy atom. The Labute approximate surface area is 141 Å². The van der Waals surface area contributed by atoms with Gasteiger partial charge in [0.25, 0.3) is 0 Å². The summed E-state index contributed by atoms with van der Waals surface area (Å²) in [5.41, 5.74) is 3.60. The van der Waals surface area contributed by atoms with Gasteiger partial charge in [-0.2, -0.15) is 5.26 Å². The second kappa shape index (κ2) is 7.34. The molecular weight excluding hydrogens is 298 g/mol. The molecule has 0 bridgehead atoms. The van der Waals surface area contributed by atoms with Crippen LogP contribution in [0.5, 0.6) is 0 Å². The van der Waals surface area contributed by atoms with E-state index in [4.69, 9.17) is 5.26 Å². The van der Waals surface area contributed by atoms with Crippen LogP contribution in [0, 0.1) is 18.3 Å². The van der Waals surface area contributed by atoms with Gasteiger partial charge in [-0.1, -0.05) is 6.07 Å². The lowest BCUT2D eigenvalue weighted by atomic mass is 10.1. The first-order valence-corrected chi connectivity index (χ1v) is 7.73. The lowest BCUT2D eigenvalue weighted by Gasteiger charge is -2.09. The smallest absolute Gasteiger partial charge is 0.161 e. The summed E-state index contributed by atoms with van der Waals surface area (Å²) in [5, 5.41) is 12.2. The zero-order valence-corrected chi connectivity index (χ0v) is 13.4. The lowest BCUT2D eigenvalue weighted by Crippen LogP contribution is -2.08. The molecule has 0 radical (unpaired) electrons. The van der Waals surface area contributed by atoms with Gasteiger partial charge in [-0.05, 0) is 49.2 Å². The molecule has 3 rings (SSSR count). The van der Waals surface area contributed by atoms with Crippen LogP contribution in [-0.4, -0.2) is 21.5 Å². The van der Waals surface area contributed by atoms with Crippen molar-refractivity contribution in [2.75, 3.05) is 11.9 Å². The van der Waals surface area contributed by atoms with E-state index in [0.29, 0.717) is 11.4 Å². The van der Waals surface area contributed by atoms with Gasteiger partial charge in [0.1, 0.15) is 5.82 Å². The summed E-state index contributed by atoms with van der Waals surface area (Å²) >= 11 is 0. The summed E-state index contributed by atoms with van der Waals surface area (Å²) in [7, 11) is 0. The molecule has 5 heteroatoms. The average molecular weight is 315 g/mol. The van der Waals surface area contributed by atoms with Gasteiger partial charge >= 0.3 is 0 Å². The van der Waals surface area contributed by atoms with E-state index < -0.39 is 0 Å². The van der Waals surface area contributed by atoms with Crippen LogP contribution in [0.4, 0.5) is 5.82 Å². The van der Waals surface area contributed by atoms with Crippen LogP contribution >= 0.6 is 0 Å². The fraction of sp³-hybridized carbons (Fsp3) is 0.158. The maximum Gasteiger partial charge on any atom is 0.161 e. The first kappa shape index (κ1) is 15.6. The zero-order valence-electron chi connectivity index (χ0n) is 13.4. The van der Waals surface area contributed by atoms with Gasteiger partial charge in [-0.25, -0.2) is 9.97 Å². The average Bonchev–Trinajstić information content (AvgIpc) is 2.62. The molecule has 24 heavy (non-hydrogen) atoms. The predicted octanol–water partition coefficient (Wildman–Crippen LogP) is 3.37. The molecule has 0 saturated heterocycles. The number of aromatic nitrogens is 3. The van der Waals surface area contributed by atoms with E-state index in [0.717, 1.165) is 30.0 Å². The third-order valence-corrected chi connectivity index (χ3v) is 3.57. The SMILES string of the molecule is Cc1cc(NCCc2cccnc2)nc(-c2ccc(C#N)cc2)n1. The first-order chi connectivity index (χ1) is 11.7. The fourth-order valence-corrected chi connectivity index (χ4v) is 2.36. The van der Waals surface area contributed by atoms with Crippen LogP contribution in [0.1, 0.15) is 16.8 Å². The Morgan fingerprint density at radius 2 is 1.96 bits per heavy atom. The van der Waals surface area contributed by atoms with E-state index in [2.05, 4.69) is 32.4 Å². The van der Waals surface area contributed by atoms with Gasteiger partial charge in [0.2, 0.25) is 0 Å². The van der Waals surface area contributed by atoms with E-state index in [1.165, 1.54) is 5.56 Å². The maximum absolute atomic E-state index is 8.88. The van der Waals surface area contributed by atoms with E-state index in [9.17, 15) is 0 Å². The Kier molecular flexibility index (Phi) is 4.78. The predicted molar refractivity (Wildman–Crippen MR) is 93.4 cm³/mol. The molecule has 0 aliphatic heterocycles. The number of nitrogens with zero attached hydrogens (tertiary/aromatic N) is 4. The van der Waals surface area contributed by atoms with Gasteiger partial charge in [0.15, 0.2) is 5.82 Å². The molecule has 0 aliphatic rings. The highest BCUT2D eigenvalue weighted by Gasteiger charge is 2.05. The molecule has 2 aromatic heterocycles. The monoisotopic (exact) mass is 315 g/mol. The zero-order chi connectivity index (χ0) is 16.8. The van der Waals surface area contributed by atoms with Crippen molar-refractivity contribution in [1.82, 2.24) is 15.0 Å². The molecule has 2 heterocycles. The molecule has 118 valence electrons. The molecular formula is C19H17N5. The van der Waals surface area contributed by atoms with E-state index in [-0.39, 0.29) is 0 Å². The number of anilines is 1. The van der Waals surface area contributed by atoms with Gasteiger partial charge in [0, 0.05) is 36.3 Å². The van der Waals surface area contributed by atoms with Crippen molar-refractivity contribution in [3.63, 3.8) is 0 Å². The molecule has 1 N–H and O–H groups in total. The number of hydrogen-bond donors (Lipinski definition) is 1. The standard InChI is InChI=1S/C19H17N5/c1-14-11-18(22-10-8-16-3-2-9-21-13-16)24-19(23-14)17-6-4-15(12-20)5-7-17/h2-7,9,11,13H,8,10H2,1H3,(H,22,23,24). The highest BCUT2D eigenvalue weighted by Crippen LogP contribution is 2.18. The normalized spacial score (nSPS) is 10.2. The molecule has 1 aromatic carbocycles. The summed E-state index contributed by atoms with van der Waals surface area (Å²) in [6.07, 6.45) is 4.52. The third kappa shape index (κ3) is 3.93. The van der Waals surface area contributed by atoms with Crippen LogP contribution in [0.25, 0.3) is 11.4 Å². The summed E-state index contributed by atoms with van der Waals surface area (Å²) in [5.74, 6) is 1.45. The number of aryl methyl sites for hydroxylation is 1. The highest BCUT2D eigenvalue weighted by molar-refractivity contribution is 5.58. The Bertz CT molecular complexity index is 851. The van der Waals surface area contributed by atoms with Gasteiger partial charge in [-0.3, -0.25) is 4.98 Å². The van der Waals surface area contributed by atoms with Crippen LogP contribution in [0.3, 0.4) is 0 Å². The van der Waals surface area contributed by atoms with E-state index in [1.807, 2.05) is 37.4 Å². The molecule has 0 spiro atoms. The van der Waals surface area contributed by atoms with Crippen LogP contribution < -0.4 is 5.32 Å². The molecule has 5 nitrogen and oxygen atoms in total. The van der Waals surface area contributed by atoms with Crippen LogP contribution in [0.15, 0.2) is 54.9 Å². The van der Waals surface area contributed by atoms with Crippen LogP contribution in [0.2, 0.25) is 0 Å². The second-order valence-corrected chi connectivity index (χ2v) is 5.45. The summed E-state index contributed by atoms with van der Waals surface area (Å²) in [6.45, 7) is 2.72. The fourth-order valence-electron chi connectivity index (χ4n) is 2.36.